The molecule has 0 radical (unpaired) electrons. The first-order valence-electron chi connectivity index (χ1n) is 18.4. The Hall–Kier alpha value is -4.17. The van der Waals surface area contributed by atoms with E-state index in [0.717, 1.165) is 59.6 Å². The third-order valence-electron chi connectivity index (χ3n) is 12.4. The van der Waals surface area contributed by atoms with Crippen molar-refractivity contribution in [3.8, 4) is 17.3 Å². The molecular weight excluding hydrogens is 675 g/mol. The molecule has 0 spiro atoms. The van der Waals surface area contributed by atoms with Gasteiger partial charge in [0.15, 0.2) is 5.88 Å². The van der Waals surface area contributed by atoms with Crippen LogP contribution in [-0.2, 0) is 16.1 Å². The second-order valence-electron chi connectivity index (χ2n) is 16.0. The zero-order chi connectivity index (χ0) is 36.3. The molecule has 3 N–H and O–H groups in total. The van der Waals surface area contributed by atoms with Crippen LogP contribution < -0.4 is 15.8 Å². The minimum Gasteiger partial charge on any atom is -0.482 e. The van der Waals surface area contributed by atoms with Crippen LogP contribution in [0.3, 0.4) is 0 Å². The van der Waals surface area contributed by atoms with E-state index in [2.05, 4.69) is 16.0 Å². The van der Waals surface area contributed by atoms with Gasteiger partial charge in [0.2, 0.25) is 5.91 Å². The van der Waals surface area contributed by atoms with E-state index >= 15 is 0 Å². The number of methoxy groups -OCH3 is 1. The summed E-state index contributed by atoms with van der Waals surface area (Å²) in [7, 11) is 1.56. The first-order valence-corrected chi connectivity index (χ1v) is 18.4. The molecule has 276 valence electrons. The molecule has 6 heterocycles. The standard InChI is InChI=1S/C38H44F3N7O4/c1-19(43-36(50)37-16-38(41,17-37)18-37)25-8-6-22-10-27(46(34(22)44-25)14-21-4-5-21)33-20(2)47-30(45-33)11-23(12-31(47)51-3)35(49)48-24-7-9-26(48)32(42)28(13-24)52-15-29(39)40/h6,8,10-12,19,21,24,26,28-29,32H,4-5,7,9,13-18,42H2,1-3H3,(H,43,50)/t19-,24+,26?,28-,32+,37?,38?/m1/s1. The molecule has 2 amide bonds. The Bertz CT molecular complexity index is 2090. The molecule has 5 atom stereocenters. The van der Waals surface area contributed by atoms with E-state index in [4.69, 9.17) is 25.2 Å². The lowest BCUT2D eigenvalue weighted by Gasteiger charge is -2.64. The molecule has 6 fully saturated rings. The number of carbonyl (C=O) groups excluding carboxylic acids is 2. The predicted molar refractivity (Wildman–Crippen MR) is 186 cm³/mol. The van der Waals surface area contributed by atoms with Gasteiger partial charge in [0.1, 0.15) is 29.3 Å². The number of halogens is 3. The number of piperidine rings is 1. The molecule has 4 bridgehead atoms. The molecule has 1 unspecified atom stereocenters. The summed E-state index contributed by atoms with van der Waals surface area (Å²) >= 11 is 0. The zero-order valence-corrected chi connectivity index (χ0v) is 29.6. The number of nitrogens with zero attached hydrogens (tertiary/aromatic N) is 5. The summed E-state index contributed by atoms with van der Waals surface area (Å²) in [5, 5.41) is 4.04. The van der Waals surface area contributed by atoms with Crippen LogP contribution >= 0.6 is 0 Å². The highest BCUT2D eigenvalue weighted by Crippen LogP contribution is 2.69. The second-order valence-corrected chi connectivity index (χ2v) is 16.0. The summed E-state index contributed by atoms with van der Waals surface area (Å²) < 4.78 is 55.3. The molecule has 2 saturated heterocycles. The highest BCUT2D eigenvalue weighted by molar-refractivity contribution is 5.96. The van der Waals surface area contributed by atoms with E-state index in [1.807, 2.05) is 30.4 Å². The van der Waals surface area contributed by atoms with E-state index in [0.29, 0.717) is 55.1 Å². The van der Waals surface area contributed by atoms with Gasteiger partial charge < -0.3 is 30.0 Å². The van der Waals surface area contributed by atoms with Crippen LogP contribution in [0.4, 0.5) is 13.2 Å². The Morgan fingerprint density at radius 3 is 2.56 bits per heavy atom. The predicted octanol–water partition coefficient (Wildman–Crippen LogP) is 5.50. The Balaban J connectivity index is 1.03. The van der Waals surface area contributed by atoms with Crippen molar-refractivity contribution in [3.63, 3.8) is 0 Å². The number of rotatable bonds is 11. The van der Waals surface area contributed by atoms with E-state index in [-0.39, 0.29) is 29.9 Å². The number of nitrogens with two attached hydrogens (primary N) is 1. The maximum atomic E-state index is 14.2. The highest BCUT2D eigenvalue weighted by Gasteiger charge is 2.72. The fraction of sp³-hybridized carbons (Fsp3) is 0.579. The van der Waals surface area contributed by atoms with Crippen molar-refractivity contribution >= 4 is 28.5 Å². The summed E-state index contributed by atoms with van der Waals surface area (Å²) in [6.45, 7) is 3.99. The number of imidazole rings is 1. The van der Waals surface area contributed by atoms with Crippen LogP contribution in [0.15, 0.2) is 30.3 Å². The minimum absolute atomic E-state index is 0.0959. The van der Waals surface area contributed by atoms with Crippen molar-refractivity contribution in [2.75, 3.05) is 13.7 Å². The van der Waals surface area contributed by atoms with Gasteiger partial charge in [-0.15, -0.1) is 0 Å². The SMILES string of the molecule is COc1cc(C(=O)N2C3CC[C@H]2C[C@@H](OCC(F)F)[C@H]3N)cc2nc(-c3cc4ccc([C@@H](C)NC(=O)C56CC(F)(C5)C6)nc4n3CC3CC3)c(C)n12. The second kappa shape index (κ2) is 11.9. The Labute approximate surface area is 299 Å². The lowest BCUT2D eigenvalue weighted by atomic mass is 9.42. The van der Waals surface area contributed by atoms with Crippen LogP contribution in [0, 0.1) is 18.3 Å². The monoisotopic (exact) mass is 719 g/mol. The topological polar surface area (TPSA) is 129 Å². The first-order chi connectivity index (χ1) is 24.9. The number of fused-ring (bicyclic) bond motifs is 4. The number of amides is 2. The largest absolute Gasteiger partial charge is 0.482 e. The molecule has 2 aliphatic heterocycles. The molecular formula is C38H44F3N7O4. The fourth-order valence-electron chi connectivity index (χ4n) is 9.48. The number of aromatic nitrogens is 4. The third-order valence-corrected chi connectivity index (χ3v) is 12.4. The van der Waals surface area contributed by atoms with Gasteiger partial charge >= 0.3 is 0 Å². The molecule has 4 aliphatic carbocycles. The lowest BCUT2D eigenvalue weighted by molar-refractivity contribution is -0.214. The number of hydrogen-bond acceptors (Lipinski definition) is 7. The molecule has 10 rings (SSSR count). The average Bonchev–Trinajstić information content (AvgIpc) is 3.63. The number of aryl methyl sites for hydroxylation is 1. The quantitative estimate of drug-likeness (QED) is 0.210. The van der Waals surface area contributed by atoms with Gasteiger partial charge in [0, 0.05) is 29.6 Å². The molecule has 4 saturated carbocycles. The fourth-order valence-corrected chi connectivity index (χ4v) is 9.48. The smallest absolute Gasteiger partial charge is 0.261 e. The normalized spacial score (nSPS) is 29.7. The summed E-state index contributed by atoms with van der Waals surface area (Å²) in [4.78, 5) is 39.2. The van der Waals surface area contributed by atoms with Gasteiger partial charge in [0.05, 0.1) is 53.8 Å². The van der Waals surface area contributed by atoms with Crippen LogP contribution in [-0.4, -0.2) is 85.7 Å². The van der Waals surface area contributed by atoms with Gasteiger partial charge in [-0.1, -0.05) is 0 Å². The summed E-state index contributed by atoms with van der Waals surface area (Å²) in [6.07, 6.45) is 1.93. The molecule has 14 heteroatoms. The molecule has 0 aromatic carbocycles. The van der Waals surface area contributed by atoms with Gasteiger partial charge in [-0.2, -0.15) is 0 Å². The number of pyridine rings is 2. The Morgan fingerprint density at radius 1 is 1.10 bits per heavy atom. The van der Waals surface area contributed by atoms with E-state index in [1.165, 1.54) is 0 Å². The summed E-state index contributed by atoms with van der Waals surface area (Å²) in [5.41, 5.74) is 9.80. The maximum absolute atomic E-state index is 14.2. The molecule has 11 nitrogen and oxygen atoms in total. The molecule has 52 heavy (non-hydrogen) atoms. The maximum Gasteiger partial charge on any atom is 0.261 e. The molecule has 6 aliphatic rings. The van der Waals surface area contributed by atoms with Crippen LogP contribution in [0.1, 0.15) is 86.1 Å². The number of hydrogen-bond donors (Lipinski definition) is 2. The van der Waals surface area contributed by atoms with Crippen LogP contribution in [0.25, 0.3) is 28.1 Å². The van der Waals surface area contributed by atoms with E-state index in [1.54, 1.807) is 24.1 Å². The van der Waals surface area contributed by atoms with E-state index < -0.39 is 36.3 Å². The summed E-state index contributed by atoms with van der Waals surface area (Å²) in [5.74, 6) is 0.692. The molecule has 4 aromatic rings. The van der Waals surface area contributed by atoms with Crippen molar-refractivity contribution in [1.29, 1.82) is 0 Å². The Morgan fingerprint density at radius 2 is 1.87 bits per heavy atom. The van der Waals surface area contributed by atoms with Gasteiger partial charge in [-0.05, 0) is 95.4 Å². The van der Waals surface area contributed by atoms with Crippen molar-refractivity contribution in [2.45, 2.75) is 114 Å². The highest BCUT2D eigenvalue weighted by atomic mass is 19.3. The molecule has 4 aromatic heterocycles. The van der Waals surface area contributed by atoms with Crippen molar-refractivity contribution in [2.24, 2.45) is 17.1 Å². The van der Waals surface area contributed by atoms with Gasteiger partial charge in [-0.3, -0.25) is 14.0 Å². The number of nitrogens with one attached hydrogen (secondary N) is 1. The summed E-state index contributed by atoms with van der Waals surface area (Å²) in [6, 6.07) is 8.17. The minimum atomic E-state index is -2.58. The van der Waals surface area contributed by atoms with E-state index in [9.17, 15) is 22.8 Å². The van der Waals surface area contributed by atoms with Crippen LogP contribution in [0.5, 0.6) is 5.88 Å². The van der Waals surface area contributed by atoms with Crippen molar-refractivity contribution in [3.05, 3.63) is 47.3 Å². The number of ether oxygens (including phenoxy) is 2. The van der Waals surface area contributed by atoms with Gasteiger partial charge in [-0.25, -0.2) is 23.1 Å². The lowest BCUT2D eigenvalue weighted by Crippen LogP contribution is -2.70. The average molecular weight is 720 g/mol. The van der Waals surface area contributed by atoms with Gasteiger partial charge in [0.25, 0.3) is 12.3 Å². The van der Waals surface area contributed by atoms with Crippen molar-refractivity contribution in [1.82, 2.24) is 29.2 Å². The first kappa shape index (κ1) is 33.7. The van der Waals surface area contributed by atoms with Crippen molar-refractivity contribution < 1.29 is 32.2 Å². The zero-order valence-electron chi connectivity index (χ0n) is 29.6. The third kappa shape index (κ3) is 5.30. The number of carbonyl (C=O) groups is 2. The number of alkyl halides is 3. The Kier molecular flexibility index (Phi) is 7.72. The van der Waals surface area contributed by atoms with Crippen LogP contribution in [0.2, 0.25) is 0 Å².